The van der Waals surface area contributed by atoms with Gasteiger partial charge in [-0.25, -0.2) is 0 Å². The Labute approximate surface area is 123 Å². The molecule has 2 rings (SSSR count). The summed E-state index contributed by atoms with van der Waals surface area (Å²) in [5.74, 6) is 0. The van der Waals surface area contributed by atoms with Gasteiger partial charge in [-0.15, -0.1) is 11.3 Å². The minimum absolute atomic E-state index is 0.263. The molecule has 0 saturated carbocycles. The van der Waals surface area contributed by atoms with Gasteiger partial charge < -0.3 is 5.32 Å². The summed E-state index contributed by atoms with van der Waals surface area (Å²) >= 11 is 5.40. The van der Waals surface area contributed by atoms with Crippen LogP contribution in [-0.2, 0) is 6.54 Å². The molecule has 2 heterocycles. The summed E-state index contributed by atoms with van der Waals surface area (Å²) < 4.78 is 1.23. The first-order valence-corrected chi connectivity index (χ1v) is 8.36. The molecule has 18 heavy (non-hydrogen) atoms. The Morgan fingerprint density at radius 3 is 2.94 bits per heavy atom. The molecule has 4 heteroatoms. The smallest absolute Gasteiger partial charge is 0.0701 e. The zero-order valence-corrected chi connectivity index (χ0v) is 13.9. The van der Waals surface area contributed by atoms with Crippen LogP contribution in [0.15, 0.2) is 15.9 Å². The van der Waals surface area contributed by atoms with Gasteiger partial charge in [0.1, 0.15) is 0 Å². The number of hydrogen-bond acceptors (Lipinski definition) is 3. The van der Waals surface area contributed by atoms with Gasteiger partial charge in [0.05, 0.1) is 3.79 Å². The van der Waals surface area contributed by atoms with Crippen molar-refractivity contribution >= 4 is 27.3 Å². The van der Waals surface area contributed by atoms with Crippen molar-refractivity contribution in [3.8, 4) is 0 Å². The van der Waals surface area contributed by atoms with Crippen LogP contribution in [0.1, 0.15) is 38.5 Å². The molecule has 1 N–H and O–H groups in total. The third-order valence-electron chi connectivity index (χ3n) is 4.06. The van der Waals surface area contributed by atoms with Crippen molar-refractivity contribution < 1.29 is 0 Å². The number of hydrogen-bond donors (Lipinski definition) is 1. The van der Waals surface area contributed by atoms with Crippen LogP contribution >= 0.6 is 27.3 Å². The van der Waals surface area contributed by atoms with Crippen molar-refractivity contribution in [2.75, 3.05) is 13.1 Å². The van der Waals surface area contributed by atoms with Crippen LogP contribution < -0.4 is 5.32 Å². The van der Waals surface area contributed by atoms with Crippen LogP contribution in [0.2, 0.25) is 0 Å². The van der Waals surface area contributed by atoms with Gasteiger partial charge in [0, 0.05) is 29.5 Å². The van der Waals surface area contributed by atoms with Gasteiger partial charge in [0.15, 0.2) is 0 Å². The monoisotopic (exact) mass is 330 g/mol. The Kier molecular flexibility index (Phi) is 4.86. The minimum Gasteiger partial charge on any atom is -0.310 e. The van der Waals surface area contributed by atoms with Gasteiger partial charge in [-0.2, -0.15) is 0 Å². The van der Waals surface area contributed by atoms with Crippen LogP contribution in [-0.4, -0.2) is 29.6 Å². The number of halogens is 1. The van der Waals surface area contributed by atoms with E-state index in [1.54, 1.807) is 0 Å². The molecule has 1 aromatic heterocycles. The van der Waals surface area contributed by atoms with Gasteiger partial charge in [0.25, 0.3) is 0 Å². The molecular formula is C14H23BrN2S. The molecule has 0 aliphatic carbocycles. The summed E-state index contributed by atoms with van der Waals surface area (Å²) in [6, 6.07) is 5.05. The van der Waals surface area contributed by atoms with Gasteiger partial charge in [-0.1, -0.05) is 6.92 Å². The molecule has 1 fully saturated rings. The molecule has 0 bridgehead atoms. The highest BCUT2D eigenvalue weighted by Crippen LogP contribution is 2.26. The van der Waals surface area contributed by atoms with Crippen molar-refractivity contribution in [1.82, 2.24) is 10.2 Å². The van der Waals surface area contributed by atoms with E-state index < -0.39 is 0 Å². The summed E-state index contributed by atoms with van der Waals surface area (Å²) in [7, 11) is 0. The van der Waals surface area contributed by atoms with Crippen LogP contribution in [0.4, 0.5) is 0 Å². The molecule has 2 atom stereocenters. The molecule has 2 nitrogen and oxygen atoms in total. The average Bonchev–Trinajstić information content (AvgIpc) is 2.67. The average molecular weight is 331 g/mol. The van der Waals surface area contributed by atoms with Gasteiger partial charge in [-0.05, 0) is 61.3 Å². The summed E-state index contributed by atoms with van der Waals surface area (Å²) in [4.78, 5) is 4.08. The van der Waals surface area contributed by atoms with Crippen LogP contribution in [0, 0.1) is 0 Å². The van der Waals surface area contributed by atoms with E-state index >= 15 is 0 Å². The van der Waals surface area contributed by atoms with E-state index in [1.165, 1.54) is 21.5 Å². The van der Waals surface area contributed by atoms with Crippen LogP contribution in [0.5, 0.6) is 0 Å². The van der Waals surface area contributed by atoms with Crippen molar-refractivity contribution in [3.63, 3.8) is 0 Å². The minimum atomic E-state index is 0.263. The molecule has 0 radical (unpaired) electrons. The first-order chi connectivity index (χ1) is 8.52. The highest BCUT2D eigenvalue weighted by Gasteiger charge is 2.30. The van der Waals surface area contributed by atoms with E-state index in [9.17, 15) is 0 Å². The topological polar surface area (TPSA) is 15.3 Å². The molecule has 2 unspecified atom stereocenters. The molecule has 0 amide bonds. The Bertz CT molecular complexity index is 393. The highest BCUT2D eigenvalue weighted by atomic mass is 79.9. The van der Waals surface area contributed by atoms with E-state index in [2.05, 4.69) is 59.1 Å². The Morgan fingerprint density at radius 1 is 1.56 bits per heavy atom. The Hall–Kier alpha value is 0.1000. The maximum absolute atomic E-state index is 3.71. The van der Waals surface area contributed by atoms with Crippen molar-refractivity contribution in [3.05, 3.63) is 20.8 Å². The molecular weight excluding hydrogens is 308 g/mol. The molecule has 0 aromatic carbocycles. The summed E-state index contributed by atoms with van der Waals surface area (Å²) in [6.45, 7) is 10.3. The lowest BCUT2D eigenvalue weighted by atomic mass is 9.98. The third kappa shape index (κ3) is 3.56. The second kappa shape index (κ2) is 6.04. The van der Waals surface area contributed by atoms with Crippen LogP contribution in [0.25, 0.3) is 0 Å². The van der Waals surface area contributed by atoms with Gasteiger partial charge >= 0.3 is 0 Å². The molecule has 1 saturated heterocycles. The Morgan fingerprint density at radius 2 is 2.33 bits per heavy atom. The fraction of sp³-hybridized carbons (Fsp3) is 0.714. The van der Waals surface area contributed by atoms with E-state index in [4.69, 9.17) is 0 Å². The first-order valence-electron chi connectivity index (χ1n) is 6.76. The summed E-state index contributed by atoms with van der Waals surface area (Å²) in [5, 5.41) is 3.71. The summed E-state index contributed by atoms with van der Waals surface area (Å²) in [5.41, 5.74) is 0.263. The second-order valence-corrected chi connectivity index (χ2v) is 8.14. The lowest BCUT2D eigenvalue weighted by Gasteiger charge is -2.34. The largest absolute Gasteiger partial charge is 0.310 e. The Balaban J connectivity index is 2.08. The van der Waals surface area contributed by atoms with E-state index in [1.807, 2.05) is 11.3 Å². The lowest BCUT2D eigenvalue weighted by Crippen LogP contribution is -2.49. The molecule has 1 aliphatic rings. The number of nitrogens with one attached hydrogen (secondary N) is 1. The lowest BCUT2D eigenvalue weighted by molar-refractivity contribution is 0.165. The van der Waals surface area contributed by atoms with Crippen molar-refractivity contribution in [1.29, 1.82) is 0 Å². The normalized spacial score (nSPS) is 30.3. The van der Waals surface area contributed by atoms with Gasteiger partial charge in [0.2, 0.25) is 0 Å². The SMILES string of the molecule is CCC1(C)CN(Cc2ccc(Br)s2)C(C)CCN1. The van der Waals surface area contributed by atoms with Crippen LogP contribution in [0.3, 0.4) is 0 Å². The van der Waals surface area contributed by atoms with E-state index in [-0.39, 0.29) is 5.54 Å². The molecule has 0 spiro atoms. The number of nitrogens with zero attached hydrogens (tertiary/aromatic N) is 1. The quantitative estimate of drug-likeness (QED) is 0.905. The third-order valence-corrected chi connectivity index (χ3v) is 5.67. The maximum atomic E-state index is 3.71. The predicted octanol–water partition coefficient (Wildman–Crippen LogP) is 3.86. The maximum Gasteiger partial charge on any atom is 0.0701 e. The zero-order valence-electron chi connectivity index (χ0n) is 11.5. The summed E-state index contributed by atoms with van der Waals surface area (Å²) in [6.07, 6.45) is 2.42. The second-order valence-electron chi connectivity index (χ2n) is 5.59. The van der Waals surface area contributed by atoms with Crippen molar-refractivity contribution in [2.45, 2.75) is 51.7 Å². The fourth-order valence-corrected chi connectivity index (χ4v) is 4.02. The number of rotatable bonds is 3. The van der Waals surface area contributed by atoms with E-state index in [0.29, 0.717) is 6.04 Å². The molecule has 1 aromatic rings. The van der Waals surface area contributed by atoms with Gasteiger partial charge in [-0.3, -0.25) is 4.90 Å². The predicted molar refractivity (Wildman–Crippen MR) is 83.2 cm³/mol. The first kappa shape index (κ1) is 14.5. The number of thiophene rings is 1. The standard InChI is InChI=1S/C14H23BrN2S/c1-4-14(3)10-17(11(2)7-8-16-14)9-12-5-6-13(15)18-12/h5-6,11,16H,4,7-10H2,1-3H3. The van der Waals surface area contributed by atoms with Crippen molar-refractivity contribution in [2.24, 2.45) is 0 Å². The molecule has 1 aliphatic heterocycles. The highest BCUT2D eigenvalue weighted by molar-refractivity contribution is 9.11. The zero-order chi connectivity index (χ0) is 13.2. The van der Waals surface area contributed by atoms with E-state index in [0.717, 1.165) is 19.6 Å². The molecule has 102 valence electrons. The fourth-order valence-electron chi connectivity index (χ4n) is 2.51.